The van der Waals surface area contributed by atoms with Gasteiger partial charge in [0.2, 0.25) is 0 Å². The predicted molar refractivity (Wildman–Crippen MR) is 178 cm³/mol. The highest BCUT2D eigenvalue weighted by Crippen LogP contribution is 2.26. The van der Waals surface area contributed by atoms with Crippen molar-refractivity contribution in [3.63, 3.8) is 0 Å². The average molecular weight is 738 g/mol. The second-order valence-corrected chi connectivity index (χ2v) is 11.6. The largest absolute Gasteiger partial charge is 0.488 e. The molecule has 0 atom stereocenters. The number of hydrogen-bond acceptors (Lipinski definition) is 2. The van der Waals surface area contributed by atoms with Gasteiger partial charge in [-0.15, -0.1) is 0 Å². The van der Waals surface area contributed by atoms with Gasteiger partial charge in [-0.2, -0.15) is 0 Å². The van der Waals surface area contributed by atoms with E-state index in [1.165, 1.54) is 25.5 Å². The molecule has 6 rings (SSSR count). The van der Waals surface area contributed by atoms with Gasteiger partial charge in [0.05, 0.1) is 0 Å². The summed E-state index contributed by atoms with van der Waals surface area (Å²) in [5, 5.41) is 22.6. The van der Waals surface area contributed by atoms with Gasteiger partial charge in [-0.25, -0.2) is 0 Å². The summed E-state index contributed by atoms with van der Waals surface area (Å²) in [5.74, 6) is 0. The van der Waals surface area contributed by atoms with Crippen LogP contribution in [0.4, 0.5) is 0 Å². The molecule has 6 aromatic carbocycles. The van der Waals surface area contributed by atoms with Crippen molar-refractivity contribution in [1.82, 2.24) is 0 Å². The van der Waals surface area contributed by atoms with E-state index < -0.39 is 7.12 Å². The Bertz CT molecular complexity index is 1640. The molecule has 0 heterocycles. The van der Waals surface area contributed by atoms with Gasteiger partial charge in [0.15, 0.2) is 0 Å². The minimum absolute atomic E-state index is 0.527. The second-order valence-electron chi connectivity index (χ2n) is 8.49. The molecule has 38 heavy (non-hydrogen) atoms. The lowest BCUT2D eigenvalue weighted by atomic mass is 9.79. The van der Waals surface area contributed by atoms with Crippen molar-refractivity contribution in [3.8, 4) is 11.1 Å². The molecule has 0 aliphatic heterocycles. The van der Waals surface area contributed by atoms with Gasteiger partial charge in [-0.05, 0) is 97.1 Å². The molecule has 0 bridgehead atoms. The highest BCUT2D eigenvalue weighted by molar-refractivity contribution is 14.1. The van der Waals surface area contributed by atoms with E-state index >= 15 is 0 Å². The molecule has 0 unspecified atom stereocenters. The molecule has 0 saturated carbocycles. The predicted octanol–water partition coefficient (Wildman–Crippen LogP) is 8.84. The summed E-state index contributed by atoms with van der Waals surface area (Å²) in [4.78, 5) is 0. The summed E-state index contributed by atoms with van der Waals surface area (Å²) in [6.07, 6.45) is 0. The second kappa shape index (κ2) is 14.1. The summed E-state index contributed by atoms with van der Waals surface area (Å²) in [6, 6.07) is 44.8. The topological polar surface area (TPSA) is 40.5 Å². The van der Waals surface area contributed by atoms with E-state index in [0.717, 1.165) is 19.7 Å². The Labute approximate surface area is 253 Å². The third-order valence-electron chi connectivity index (χ3n) is 5.77. The van der Waals surface area contributed by atoms with Crippen LogP contribution in [0, 0.1) is 3.57 Å². The van der Waals surface area contributed by atoms with Crippen molar-refractivity contribution < 1.29 is 10.0 Å². The van der Waals surface area contributed by atoms with Gasteiger partial charge < -0.3 is 10.0 Å². The zero-order valence-corrected chi connectivity index (χ0v) is 25.6. The standard InChI is InChI=1S/C16H11Br.C10H9BO2.C6H4BrI/c17-16-7-3-6-14(11-16)15-9-8-12-4-1-2-5-13(12)10-15;12-11(13)10-6-5-8-3-1-2-4-9(8)7-10;7-5-2-1-3-6(8)4-5/h1-11H;1-7,12-13H;1-4H. The van der Waals surface area contributed by atoms with Crippen LogP contribution >= 0.6 is 54.5 Å². The number of fused-ring (bicyclic) bond motifs is 2. The molecular weight excluding hydrogens is 714 g/mol. The zero-order valence-electron chi connectivity index (χ0n) is 20.3. The van der Waals surface area contributed by atoms with E-state index in [1.807, 2.05) is 48.5 Å². The Morgan fingerprint density at radius 2 is 1.00 bits per heavy atom. The Morgan fingerprint density at radius 3 is 1.55 bits per heavy atom. The van der Waals surface area contributed by atoms with Gasteiger partial charge in [0.25, 0.3) is 0 Å². The van der Waals surface area contributed by atoms with E-state index in [0.29, 0.717) is 5.46 Å². The van der Waals surface area contributed by atoms with E-state index in [1.54, 1.807) is 12.1 Å². The maximum Gasteiger partial charge on any atom is 0.488 e. The smallest absolute Gasteiger partial charge is 0.423 e. The molecule has 188 valence electrons. The van der Waals surface area contributed by atoms with Crippen LogP contribution in [0.5, 0.6) is 0 Å². The van der Waals surface area contributed by atoms with Crippen LogP contribution in [0.1, 0.15) is 0 Å². The molecule has 6 aromatic rings. The Balaban J connectivity index is 0.000000142. The van der Waals surface area contributed by atoms with Crippen LogP contribution in [-0.2, 0) is 0 Å². The monoisotopic (exact) mass is 736 g/mol. The van der Waals surface area contributed by atoms with Crippen LogP contribution in [0.25, 0.3) is 32.7 Å². The molecular formula is C32H24BBr2IO2. The first-order valence-electron chi connectivity index (χ1n) is 11.9. The Morgan fingerprint density at radius 1 is 0.474 bits per heavy atom. The third-order valence-corrected chi connectivity index (χ3v) is 7.42. The zero-order chi connectivity index (χ0) is 26.9. The van der Waals surface area contributed by atoms with Crippen molar-refractivity contribution >= 4 is 88.6 Å². The molecule has 0 fully saturated rings. The fourth-order valence-corrected chi connectivity index (χ4v) is 5.63. The van der Waals surface area contributed by atoms with Gasteiger partial charge in [0, 0.05) is 12.5 Å². The van der Waals surface area contributed by atoms with Crippen LogP contribution in [-0.4, -0.2) is 17.2 Å². The first-order valence-corrected chi connectivity index (χ1v) is 14.6. The number of rotatable bonds is 2. The van der Waals surface area contributed by atoms with Crippen molar-refractivity contribution in [2.24, 2.45) is 0 Å². The molecule has 0 radical (unpaired) electrons. The van der Waals surface area contributed by atoms with Crippen molar-refractivity contribution in [2.45, 2.75) is 0 Å². The SMILES string of the molecule is Brc1cccc(-c2ccc3ccccc3c2)c1.Brc1cccc(I)c1.OB(O)c1ccc2ccccc2c1. The van der Waals surface area contributed by atoms with Crippen LogP contribution in [0.3, 0.4) is 0 Å². The summed E-state index contributed by atoms with van der Waals surface area (Å²) in [7, 11) is -1.38. The minimum Gasteiger partial charge on any atom is -0.423 e. The molecule has 2 nitrogen and oxygen atoms in total. The Kier molecular flexibility index (Phi) is 10.6. The molecule has 0 amide bonds. The number of halogens is 3. The fraction of sp³-hybridized carbons (Fsp3) is 0. The molecule has 0 saturated heterocycles. The third kappa shape index (κ3) is 8.26. The number of benzene rings is 6. The van der Waals surface area contributed by atoms with Gasteiger partial charge in [-0.3, -0.25) is 0 Å². The molecule has 6 heteroatoms. The van der Waals surface area contributed by atoms with Crippen LogP contribution in [0.15, 0.2) is 142 Å². The lowest BCUT2D eigenvalue weighted by Crippen LogP contribution is -2.29. The Hall–Kier alpha value is -2.49. The van der Waals surface area contributed by atoms with E-state index in [2.05, 4.69) is 127 Å². The molecule has 0 aliphatic carbocycles. The lowest BCUT2D eigenvalue weighted by molar-refractivity contribution is 0.426. The molecule has 0 aromatic heterocycles. The maximum absolute atomic E-state index is 8.94. The van der Waals surface area contributed by atoms with Gasteiger partial charge >= 0.3 is 7.12 Å². The van der Waals surface area contributed by atoms with Crippen LogP contribution in [0.2, 0.25) is 0 Å². The molecule has 0 spiro atoms. The first-order chi connectivity index (χ1) is 18.4. The quantitative estimate of drug-likeness (QED) is 0.138. The maximum atomic E-state index is 8.94. The van der Waals surface area contributed by atoms with E-state index in [-0.39, 0.29) is 0 Å². The summed E-state index contributed by atoms with van der Waals surface area (Å²) < 4.78 is 3.52. The summed E-state index contributed by atoms with van der Waals surface area (Å²) in [5.41, 5.74) is 3.02. The van der Waals surface area contributed by atoms with Crippen LogP contribution < -0.4 is 5.46 Å². The summed E-state index contributed by atoms with van der Waals surface area (Å²) >= 11 is 9.14. The molecule has 2 N–H and O–H groups in total. The normalized spacial score (nSPS) is 10.2. The van der Waals surface area contributed by atoms with Gasteiger partial charge in [-0.1, -0.05) is 129 Å². The molecule has 0 aliphatic rings. The fourth-order valence-electron chi connectivity index (χ4n) is 3.87. The van der Waals surface area contributed by atoms with Crippen molar-refractivity contribution in [3.05, 3.63) is 146 Å². The van der Waals surface area contributed by atoms with Gasteiger partial charge in [0.1, 0.15) is 0 Å². The first kappa shape index (κ1) is 28.5. The minimum atomic E-state index is -1.38. The van der Waals surface area contributed by atoms with Crippen molar-refractivity contribution in [2.75, 3.05) is 0 Å². The highest BCUT2D eigenvalue weighted by atomic mass is 127. The van der Waals surface area contributed by atoms with E-state index in [4.69, 9.17) is 10.0 Å². The average Bonchev–Trinajstić information content (AvgIpc) is 2.93. The lowest BCUT2D eigenvalue weighted by Gasteiger charge is -2.04. The van der Waals surface area contributed by atoms with E-state index in [9.17, 15) is 0 Å². The number of hydrogen-bond donors (Lipinski definition) is 2. The summed E-state index contributed by atoms with van der Waals surface area (Å²) in [6.45, 7) is 0. The highest BCUT2D eigenvalue weighted by Gasteiger charge is 2.10. The van der Waals surface area contributed by atoms with Crippen molar-refractivity contribution in [1.29, 1.82) is 0 Å².